The Kier molecular flexibility index (Phi) is 6.70. The number of nitrogens with two attached hydrogens (primary N) is 2. The Morgan fingerprint density at radius 1 is 1.06 bits per heavy atom. The molecular formula is C23H29N3O5. The van der Waals surface area contributed by atoms with Gasteiger partial charge in [-0.1, -0.05) is 6.07 Å². The summed E-state index contributed by atoms with van der Waals surface area (Å²) in [6.07, 6.45) is 1.39. The van der Waals surface area contributed by atoms with E-state index in [9.17, 15) is 9.59 Å². The van der Waals surface area contributed by atoms with Crippen LogP contribution in [0.2, 0.25) is 0 Å². The molecule has 1 atom stereocenters. The van der Waals surface area contributed by atoms with Crippen molar-refractivity contribution < 1.29 is 23.8 Å². The summed E-state index contributed by atoms with van der Waals surface area (Å²) in [5.41, 5.74) is 11.9. The second kappa shape index (κ2) is 9.26. The van der Waals surface area contributed by atoms with Crippen LogP contribution in [0.1, 0.15) is 35.7 Å². The number of rotatable bonds is 7. The average Bonchev–Trinajstić information content (AvgIpc) is 2.78. The maximum absolute atomic E-state index is 13.1. The van der Waals surface area contributed by atoms with Crippen LogP contribution >= 0.6 is 0 Å². The van der Waals surface area contributed by atoms with Gasteiger partial charge in [-0.05, 0) is 44.0 Å². The normalized spacial score (nSPS) is 18.4. The molecule has 0 aromatic heterocycles. The van der Waals surface area contributed by atoms with Crippen LogP contribution < -0.4 is 25.7 Å². The fourth-order valence-corrected chi connectivity index (χ4v) is 3.77. The zero-order valence-corrected chi connectivity index (χ0v) is 18.1. The molecule has 2 amide bonds. The van der Waals surface area contributed by atoms with E-state index >= 15 is 0 Å². The minimum atomic E-state index is -0.721. The zero-order valence-electron chi connectivity index (χ0n) is 18.1. The van der Waals surface area contributed by atoms with Gasteiger partial charge < -0.3 is 30.6 Å². The third kappa shape index (κ3) is 4.74. The van der Waals surface area contributed by atoms with Crippen molar-refractivity contribution in [2.24, 2.45) is 16.9 Å². The smallest absolute Gasteiger partial charge is 0.254 e. The van der Waals surface area contributed by atoms with Crippen molar-refractivity contribution in [2.75, 3.05) is 27.3 Å². The minimum absolute atomic E-state index is 0.185. The number of piperidine rings is 1. The van der Waals surface area contributed by atoms with Crippen molar-refractivity contribution in [2.45, 2.75) is 26.3 Å². The van der Waals surface area contributed by atoms with Crippen LogP contribution in [0.5, 0.6) is 23.0 Å². The molecule has 4 N–H and O–H groups in total. The SMILES string of the molecule is COc1cc(Oc2cc(C(=O)N3CCCC(C)(C(N)=O)C3)ccc2OC)ccc1CN. The van der Waals surface area contributed by atoms with E-state index in [1.807, 2.05) is 6.07 Å². The van der Waals surface area contributed by atoms with E-state index in [-0.39, 0.29) is 5.91 Å². The van der Waals surface area contributed by atoms with Crippen molar-refractivity contribution in [3.05, 3.63) is 47.5 Å². The largest absolute Gasteiger partial charge is 0.496 e. The Morgan fingerprint density at radius 2 is 1.81 bits per heavy atom. The number of amides is 2. The van der Waals surface area contributed by atoms with Gasteiger partial charge in [0, 0.05) is 36.8 Å². The van der Waals surface area contributed by atoms with Crippen LogP contribution in [0.4, 0.5) is 0 Å². The number of benzene rings is 2. The third-order valence-electron chi connectivity index (χ3n) is 5.70. The summed E-state index contributed by atoms with van der Waals surface area (Å²) < 4.78 is 16.8. The number of likely N-dealkylation sites (tertiary alicyclic amines) is 1. The molecular weight excluding hydrogens is 398 g/mol. The number of carbonyl (C=O) groups is 2. The molecule has 1 saturated heterocycles. The van der Waals surface area contributed by atoms with Crippen LogP contribution in [-0.4, -0.2) is 44.0 Å². The molecule has 2 aromatic carbocycles. The highest BCUT2D eigenvalue weighted by Crippen LogP contribution is 2.36. The average molecular weight is 428 g/mol. The first-order chi connectivity index (χ1) is 14.8. The molecule has 1 heterocycles. The summed E-state index contributed by atoms with van der Waals surface area (Å²) >= 11 is 0. The predicted octanol–water partition coefficient (Wildman–Crippen LogP) is 2.68. The second-order valence-electron chi connectivity index (χ2n) is 7.90. The van der Waals surface area contributed by atoms with Crippen molar-refractivity contribution in [3.63, 3.8) is 0 Å². The van der Waals surface area contributed by atoms with Gasteiger partial charge >= 0.3 is 0 Å². The highest BCUT2D eigenvalue weighted by Gasteiger charge is 2.38. The minimum Gasteiger partial charge on any atom is -0.496 e. The lowest BCUT2D eigenvalue weighted by Crippen LogP contribution is -2.50. The van der Waals surface area contributed by atoms with Gasteiger partial charge in [0.25, 0.3) is 5.91 Å². The molecule has 3 rings (SSSR count). The second-order valence-corrected chi connectivity index (χ2v) is 7.90. The molecule has 0 saturated carbocycles. The summed E-state index contributed by atoms with van der Waals surface area (Å²) in [5, 5.41) is 0. The van der Waals surface area contributed by atoms with Crippen LogP contribution in [0.3, 0.4) is 0 Å². The number of primary amides is 1. The lowest BCUT2D eigenvalue weighted by molar-refractivity contribution is -0.129. The Labute approximate surface area is 182 Å². The molecule has 1 aliphatic heterocycles. The maximum atomic E-state index is 13.1. The van der Waals surface area contributed by atoms with E-state index in [1.54, 1.807) is 49.3 Å². The van der Waals surface area contributed by atoms with E-state index in [0.29, 0.717) is 54.6 Å². The van der Waals surface area contributed by atoms with Gasteiger partial charge in [-0.15, -0.1) is 0 Å². The van der Waals surface area contributed by atoms with Gasteiger partial charge in [-0.3, -0.25) is 9.59 Å². The van der Waals surface area contributed by atoms with Crippen LogP contribution in [-0.2, 0) is 11.3 Å². The lowest BCUT2D eigenvalue weighted by Gasteiger charge is -2.38. The molecule has 1 unspecified atom stereocenters. The van der Waals surface area contributed by atoms with E-state index in [4.69, 9.17) is 25.7 Å². The molecule has 0 spiro atoms. The quantitative estimate of drug-likeness (QED) is 0.702. The van der Waals surface area contributed by atoms with E-state index in [2.05, 4.69) is 0 Å². The van der Waals surface area contributed by atoms with E-state index < -0.39 is 11.3 Å². The van der Waals surface area contributed by atoms with Crippen LogP contribution in [0, 0.1) is 5.41 Å². The highest BCUT2D eigenvalue weighted by molar-refractivity contribution is 5.95. The van der Waals surface area contributed by atoms with Gasteiger partial charge in [-0.25, -0.2) is 0 Å². The Hall–Kier alpha value is -3.26. The fraction of sp³-hybridized carbons (Fsp3) is 0.391. The van der Waals surface area contributed by atoms with Crippen LogP contribution in [0.25, 0.3) is 0 Å². The Balaban J connectivity index is 1.87. The van der Waals surface area contributed by atoms with Crippen molar-refractivity contribution in [1.82, 2.24) is 4.90 Å². The number of hydrogen-bond acceptors (Lipinski definition) is 6. The molecule has 2 aromatic rings. The standard InChI is InChI=1S/C23H29N3O5/c1-23(22(25)28)9-4-10-26(14-23)21(27)15-6-8-18(29-2)20(11-15)31-17-7-5-16(13-24)19(12-17)30-3/h5-8,11-12H,4,9-10,13-14,24H2,1-3H3,(H2,25,28). The van der Waals surface area contributed by atoms with Gasteiger partial charge in [0.2, 0.25) is 5.91 Å². The summed E-state index contributed by atoms with van der Waals surface area (Å²) in [7, 11) is 3.10. The van der Waals surface area contributed by atoms with Crippen molar-refractivity contribution >= 4 is 11.8 Å². The predicted molar refractivity (Wildman–Crippen MR) is 116 cm³/mol. The number of methoxy groups -OCH3 is 2. The zero-order chi connectivity index (χ0) is 22.6. The topological polar surface area (TPSA) is 117 Å². The fourth-order valence-electron chi connectivity index (χ4n) is 3.77. The van der Waals surface area contributed by atoms with Crippen LogP contribution in [0.15, 0.2) is 36.4 Å². The monoisotopic (exact) mass is 427 g/mol. The summed E-state index contributed by atoms with van der Waals surface area (Å²) in [4.78, 5) is 26.7. The molecule has 8 nitrogen and oxygen atoms in total. The molecule has 8 heteroatoms. The van der Waals surface area contributed by atoms with Gasteiger partial charge in [0.15, 0.2) is 11.5 Å². The van der Waals surface area contributed by atoms with E-state index in [1.165, 1.54) is 7.11 Å². The molecule has 0 aliphatic carbocycles. The Bertz CT molecular complexity index is 978. The third-order valence-corrected chi connectivity index (χ3v) is 5.70. The molecule has 31 heavy (non-hydrogen) atoms. The van der Waals surface area contributed by atoms with E-state index in [0.717, 1.165) is 12.0 Å². The van der Waals surface area contributed by atoms with Crippen molar-refractivity contribution in [3.8, 4) is 23.0 Å². The number of ether oxygens (including phenoxy) is 3. The Morgan fingerprint density at radius 3 is 2.45 bits per heavy atom. The van der Waals surface area contributed by atoms with Gasteiger partial charge in [0.1, 0.15) is 11.5 Å². The van der Waals surface area contributed by atoms with Crippen molar-refractivity contribution in [1.29, 1.82) is 0 Å². The first-order valence-corrected chi connectivity index (χ1v) is 10.1. The summed E-state index contributed by atoms with van der Waals surface area (Å²) in [5.74, 6) is 1.44. The molecule has 0 bridgehead atoms. The van der Waals surface area contributed by atoms with Gasteiger partial charge in [-0.2, -0.15) is 0 Å². The molecule has 166 valence electrons. The molecule has 1 aliphatic rings. The maximum Gasteiger partial charge on any atom is 0.254 e. The first-order valence-electron chi connectivity index (χ1n) is 10.1. The van der Waals surface area contributed by atoms with Gasteiger partial charge in [0.05, 0.1) is 19.6 Å². The number of nitrogens with zero attached hydrogens (tertiary/aromatic N) is 1. The highest BCUT2D eigenvalue weighted by atomic mass is 16.5. The number of carbonyl (C=O) groups excluding carboxylic acids is 2. The lowest BCUT2D eigenvalue weighted by atomic mass is 9.81. The summed E-state index contributed by atoms with van der Waals surface area (Å²) in [6.45, 7) is 3.01. The summed E-state index contributed by atoms with van der Waals surface area (Å²) in [6, 6.07) is 10.4. The molecule has 1 fully saturated rings. The molecule has 0 radical (unpaired) electrons. The first kappa shape index (κ1) is 22.4. The number of hydrogen-bond donors (Lipinski definition) is 2.